The highest BCUT2D eigenvalue weighted by Crippen LogP contribution is 2.20. The van der Waals surface area contributed by atoms with Crippen LogP contribution in [0.3, 0.4) is 0 Å². The van der Waals surface area contributed by atoms with E-state index < -0.39 is 0 Å². The van der Waals surface area contributed by atoms with Crippen molar-refractivity contribution < 1.29 is 4.74 Å². The van der Waals surface area contributed by atoms with E-state index in [0.29, 0.717) is 11.4 Å². The predicted octanol–water partition coefficient (Wildman–Crippen LogP) is 0.584. The lowest BCUT2D eigenvalue weighted by molar-refractivity contribution is 0.435. The first kappa shape index (κ1) is 10.1. The topological polar surface area (TPSA) is 114 Å². The summed E-state index contributed by atoms with van der Waals surface area (Å²) in [6, 6.07) is 3.27. The molecule has 2 rings (SSSR count). The standard InChI is InChI=1S/C9H10N6O/c1-5-4-7(14-13-5)16-9-6(8(10)11)2-3-12-15-9/h2-4H,1H3,(H3,10,11)(H,13,14). The molecule has 0 amide bonds. The summed E-state index contributed by atoms with van der Waals surface area (Å²) in [4.78, 5) is 0. The van der Waals surface area contributed by atoms with Crippen LogP contribution in [0, 0.1) is 12.3 Å². The van der Waals surface area contributed by atoms with Gasteiger partial charge in [-0.1, -0.05) is 0 Å². The average molecular weight is 218 g/mol. The molecule has 0 atom stereocenters. The zero-order chi connectivity index (χ0) is 11.5. The molecule has 0 spiro atoms. The molecular formula is C9H10N6O. The van der Waals surface area contributed by atoms with Crippen molar-refractivity contribution in [2.24, 2.45) is 5.73 Å². The van der Waals surface area contributed by atoms with E-state index in [0.717, 1.165) is 5.69 Å². The summed E-state index contributed by atoms with van der Waals surface area (Å²) < 4.78 is 5.35. The number of hydrogen-bond donors (Lipinski definition) is 3. The molecule has 0 fully saturated rings. The first-order valence-electron chi connectivity index (χ1n) is 4.53. The van der Waals surface area contributed by atoms with Gasteiger partial charge < -0.3 is 10.5 Å². The number of nitrogens with zero attached hydrogens (tertiary/aromatic N) is 3. The Balaban J connectivity index is 2.31. The molecule has 0 radical (unpaired) electrons. The molecule has 2 aromatic rings. The summed E-state index contributed by atoms with van der Waals surface area (Å²) in [7, 11) is 0. The number of hydrogen-bond acceptors (Lipinski definition) is 5. The number of rotatable bonds is 3. The third kappa shape index (κ3) is 1.97. The molecule has 16 heavy (non-hydrogen) atoms. The lowest BCUT2D eigenvalue weighted by Crippen LogP contribution is -2.13. The fourth-order valence-corrected chi connectivity index (χ4v) is 1.14. The van der Waals surface area contributed by atoms with Crippen molar-refractivity contribution in [3.05, 3.63) is 29.6 Å². The Morgan fingerprint density at radius 2 is 2.38 bits per heavy atom. The number of nitrogens with one attached hydrogen (secondary N) is 2. The summed E-state index contributed by atoms with van der Waals surface area (Å²) in [5, 5.41) is 21.4. The van der Waals surface area contributed by atoms with Crippen LogP contribution in [-0.2, 0) is 0 Å². The molecule has 7 nitrogen and oxygen atoms in total. The van der Waals surface area contributed by atoms with E-state index in [4.69, 9.17) is 15.9 Å². The predicted molar refractivity (Wildman–Crippen MR) is 56.4 cm³/mol. The van der Waals surface area contributed by atoms with Crippen LogP contribution >= 0.6 is 0 Å². The lowest BCUT2D eigenvalue weighted by atomic mass is 10.3. The Morgan fingerprint density at radius 3 is 3.00 bits per heavy atom. The summed E-state index contributed by atoms with van der Waals surface area (Å²) >= 11 is 0. The van der Waals surface area contributed by atoms with Crippen LogP contribution in [0.2, 0.25) is 0 Å². The minimum absolute atomic E-state index is 0.128. The van der Waals surface area contributed by atoms with Crippen molar-refractivity contribution in [2.45, 2.75) is 6.92 Å². The summed E-state index contributed by atoms with van der Waals surface area (Å²) in [5.74, 6) is 0.402. The van der Waals surface area contributed by atoms with E-state index in [2.05, 4.69) is 20.4 Å². The van der Waals surface area contributed by atoms with Gasteiger partial charge in [0.2, 0.25) is 5.88 Å². The van der Waals surface area contributed by atoms with Gasteiger partial charge in [-0.25, -0.2) is 0 Å². The van der Waals surface area contributed by atoms with Gasteiger partial charge >= 0.3 is 0 Å². The van der Waals surface area contributed by atoms with Crippen LogP contribution in [0.5, 0.6) is 11.8 Å². The molecule has 4 N–H and O–H groups in total. The normalized spacial score (nSPS) is 10.1. The fourth-order valence-electron chi connectivity index (χ4n) is 1.14. The van der Waals surface area contributed by atoms with E-state index in [1.807, 2.05) is 6.92 Å². The quantitative estimate of drug-likeness (QED) is 0.515. The summed E-state index contributed by atoms with van der Waals surface area (Å²) in [6.07, 6.45) is 1.44. The maximum Gasteiger partial charge on any atom is 0.251 e. The Hall–Kier alpha value is -2.44. The van der Waals surface area contributed by atoms with Gasteiger partial charge in [-0.15, -0.1) is 10.2 Å². The van der Waals surface area contributed by atoms with Gasteiger partial charge in [0.15, 0.2) is 0 Å². The van der Waals surface area contributed by atoms with E-state index in [1.165, 1.54) is 6.20 Å². The Labute approximate surface area is 91.2 Å². The van der Waals surface area contributed by atoms with Gasteiger partial charge in [0.1, 0.15) is 5.84 Å². The molecular weight excluding hydrogens is 208 g/mol. The van der Waals surface area contributed by atoms with Crippen molar-refractivity contribution in [1.29, 1.82) is 5.41 Å². The maximum absolute atomic E-state index is 7.35. The second-order valence-electron chi connectivity index (χ2n) is 3.15. The summed E-state index contributed by atoms with van der Waals surface area (Å²) in [5.41, 5.74) is 6.63. The lowest BCUT2D eigenvalue weighted by Gasteiger charge is -2.04. The van der Waals surface area contributed by atoms with Crippen LogP contribution in [0.25, 0.3) is 0 Å². The van der Waals surface area contributed by atoms with Gasteiger partial charge in [-0.3, -0.25) is 10.5 Å². The van der Waals surface area contributed by atoms with Crippen LogP contribution < -0.4 is 10.5 Å². The first-order chi connectivity index (χ1) is 7.66. The monoisotopic (exact) mass is 218 g/mol. The molecule has 0 aliphatic carbocycles. The first-order valence-corrected chi connectivity index (χ1v) is 4.53. The molecule has 2 aromatic heterocycles. The number of amidine groups is 1. The van der Waals surface area contributed by atoms with Gasteiger partial charge in [0.05, 0.1) is 11.8 Å². The molecule has 0 aliphatic rings. The van der Waals surface area contributed by atoms with Crippen LogP contribution in [0.4, 0.5) is 0 Å². The molecule has 0 saturated carbocycles. The number of aryl methyl sites for hydroxylation is 1. The van der Waals surface area contributed by atoms with E-state index in [9.17, 15) is 0 Å². The van der Waals surface area contributed by atoms with Gasteiger partial charge in [0, 0.05) is 11.8 Å². The van der Waals surface area contributed by atoms with Crippen LogP contribution in [0.15, 0.2) is 18.3 Å². The molecule has 0 aliphatic heterocycles. The summed E-state index contributed by atoms with van der Waals surface area (Å²) in [6.45, 7) is 1.85. The Morgan fingerprint density at radius 1 is 1.56 bits per heavy atom. The molecule has 0 aromatic carbocycles. The zero-order valence-corrected chi connectivity index (χ0v) is 8.56. The number of nitrogen functional groups attached to an aromatic ring is 1. The SMILES string of the molecule is Cc1cc(Oc2nnccc2C(=N)N)n[nH]1. The minimum atomic E-state index is -0.128. The van der Waals surface area contributed by atoms with Crippen molar-refractivity contribution in [2.75, 3.05) is 0 Å². The highest BCUT2D eigenvalue weighted by Gasteiger charge is 2.10. The number of aromatic amines is 1. The van der Waals surface area contributed by atoms with Gasteiger partial charge in [-0.2, -0.15) is 5.10 Å². The molecule has 0 saturated heterocycles. The molecule has 0 bridgehead atoms. The van der Waals surface area contributed by atoms with E-state index >= 15 is 0 Å². The fraction of sp³-hybridized carbons (Fsp3) is 0.111. The molecule has 0 unspecified atom stereocenters. The third-order valence-electron chi connectivity index (χ3n) is 1.86. The average Bonchev–Trinajstić information content (AvgIpc) is 2.64. The Bertz CT molecular complexity index is 520. The largest absolute Gasteiger partial charge is 0.417 e. The molecule has 7 heteroatoms. The second kappa shape index (κ2) is 3.97. The van der Waals surface area contributed by atoms with E-state index in [-0.39, 0.29) is 11.7 Å². The third-order valence-corrected chi connectivity index (χ3v) is 1.86. The van der Waals surface area contributed by atoms with Gasteiger partial charge in [-0.05, 0) is 13.0 Å². The minimum Gasteiger partial charge on any atom is -0.417 e. The number of ether oxygens (including phenoxy) is 1. The number of nitrogens with two attached hydrogens (primary N) is 1. The smallest absolute Gasteiger partial charge is 0.251 e. The van der Waals surface area contributed by atoms with Crippen molar-refractivity contribution in [3.63, 3.8) is 0 Å². The second-order valence-corrected chi connectivity index (χ2v) is 3.15. The molecule has 2 heterocycles. The van der Waals surface area contributed by atoms with Crippen molar-refractivity contribution in [1.82, 2.24) is 20.4 Å². The van der Waals surface area contributed by atoms with Gasteiger partial charge in [0.25, 0.3) is 5.88 Å². The highest BCUT2D eigenvalue weighted by atomic mass is 16.5. The number of aromatic nitrogens is 4. The van der Waals surface area contributed by atoms with Crippen LogP contribution in [-0.4, -0.2) is 26.2 Å². The highest BCUT2D eigenvalue weighted by molar-refractivity contribution is 5.96. The zero-order valence-electron chi connectivity index (χ0n) is 8.56. The van der Waals surface area contributed by atoms with Crippen molar-refractivity contribution >= 4 is 5.84 Å². The number of H-pyrrole nitrogens is 1. The van der Waals surface area contributed by atoms with Crippen molar-refractivity contribution in [3.8, 4) is 11.8 Å². The maximum atomic E-state index is 7.35. The van der Waals surface area contributed by atoms with E-state index in [1.54, 1.807) is 12.1 Å². The molecule has 82 valence electrons. The Kier molecular flexibility index (Phi) is 2.50. The van der Waals surface area contributed by atoms with Crippen LogP contribution in [0.1, 0.15) is 11.3 Å².